The van der Waals surface area contributed by atoms with Gasteiger partial charge in [-0.25, -0.2) is 4.79 Å². The third-order valence-corrected chi connectivity index (χ3v) is 6.38. The second-order valence-electron chi connectivity index (χ2n) is 8.20. The smallest absolute Gasteiger partial charge is 0.332 e. The Kier molecular flexibility index (Phi) is 3.65. The molecule has 4 rings (SSSR count). The molecule has 0 N–H and O–H groups in total. The van der Waals surface area contributed by atoms with Crippen molar-refractivity contribution < 1.29 is 14.4 Å². The SMILES string of the molecule is C[C@@H]1C[C@H](C)[C@@H]2N(C1)c1ccccc1CC21C(=O)N(C)C(=O)N(C)C1=O. The van der Waals surface area contributed by atoms with E-state index in [4.69, 9.17) is 0 Å². The molecule has 1 aromatic carbocycles. The fraction of sp³-hybridized carbons (Fsp3) is 0.550. The first kappa shape index (κ1) is 17.1. The molecule has 2 saturated heterocycles. The van der Waals surface area contributed by atoms with Gasteiger partial charge in [-0.1, -0.05) is 32.0 Å². The Morgan fingerprint density at radius 1 is 1.00 bits per heavy atom. The highest BCUT2D eigenvalue weighted by Crippen LogP contribution is 2.50. The molecule has 2 fully saturated rings. The number of carbonyl (C=O) groups excluding carboxylic acids is 3. The molecule has 0 saturated carbocycles. The molecule has 6 heteroatoms. The minimum atomic E-state index is -1.23. The summed E-state index contributed by atoms with van der Waals surface area (Å²) in [7, 11) is 2.96. The fourth-order valence-corrected chi connectivity index (χ4v) is 5.43. The van der Waals surface area contributed by atoms with E-state index in [-0.39, 0.29) is 23.8 Å². The molecule has 26 heavy (non-hydrogen) atoms. The number of anilines is 1. The molecule has 0 aliphatic carbocycles. The van der Waals surface area contributed by atoms with Gasteiger partial charge in [0, 0.05) is 26.3 Å². The number of amides is 4. The topological polar surface area (TPSA) is 60.9 Å². The highest BCUT2D eigenvalue weighted by Gasteiger charge is 2.64. The van der Waals surface area contributed by atoms with Gasteiger partial charge in [-0.2, -0.15) is 0 Å². The Morgan fingerprint density at radius 3 is 2.27 bits per heavy atom. The molecule has 0 bridgehead atoms. The largest absolute Gasteiger partial charge is 0.366 e. The maximum atomic E-state index is 13.4. The number of nitrogens with zero attached hydrogens (tertiary/aromatic N) is 3. The Labute approximate surface area is 153 Å². The van der Waals surface area contributed by atoms with E-state index in [1.807, 2.05) is 18.2 Å². The predicted molar refractivity (Wildman–Crippen MR) is 97.6 cm³/mol. The second kappa shape index (κ2) is 5.56. The summed E-state index contributed by atoms with van der Waals surface area (Å²) in [6.45, 7) is 5.15. The normalized spacial score (nSPS) is 30.5. The van der Waals surface area contributed by atoms with E-state index in [0.29, 0.717) is 12.3 Å². The van der Waals surface area contributed by atoms with E-state index >= 15 is 0 Å². The van der Waals surface area contributed by atoms with Crippen LogP contribution in [0.2, 0.25) is 0 Å². The molecule has 0 radical (unpaired) electrons. The number of hydrogen-bond donors (Lipinski definition) is 0. The maximum absolute atomic E-state index is 13.4. The first-order chi connectivity index (χ1) is 12.3. The number of urea groups is 1. The molecule has 0 unspecified atom stereocenters. The summed E-state index contributed by atoms with van der Waals surface area (Å²) >= 11 is 0. The number of benzene rings is 1. The van der Waals surface area contributed by atoms with E-state index in [0.717, 1.165) is 34.0 Å². The summed E-state index contributed by atoms with van der Waals surface area (Å²) in [4.78, 5) is 43.6. The van der Waals surface area contributed by atoms with Crippen molar-refractivity contribution in [3.8, 4) is 0 Å². The van der Waals surface area contributed by atoms with Crippen LogP contribution >= 0.6 is 0 Å². The summed E-state index contributed by atoms with van der Waals surface area (Å²) in [5.74, 6) is -0.0710. The molecular weight excluding hydrogens is 330 g/mol. The quantitative estimate of drug-likeness (QED) is 0.669. The van der Waals surface area contributed by atoms with E-state index in [2.05, 4.69) is 24.8 Å². The molecule has 138 valence electrons. The van der Waals surface area contributed by atoms with Gasteiger partial charge in [-0.05, 0) is 36.3 Å². The third-order valence-electron chi connectivity index (χ3n) is 6.38. The van der Waals surface area contributed by atoms with Crippen molar-refractivity contribution >= 4 is 23.5 Å². The first-order valence-corrected chi connectivity index (χ1v) is 9.24. The molecule has 6 nitrogen and oxygen atoms in total. The Balaban J connectivity index is 1.94. The Bertz CT molecular complexity index is 781. The lowest BCUT2D eigenvalue weighted by Gasteiger charge is -2.57. The van der Waals surface area contributed by atoms with Crippen LogP contribution in [0.4, 0.5) is 10.5 Å². The number of rotatable bonds is 0. The van der Waals surface area contributed by atoms with Crippen LogP contribution in [0.15, 0.2) is 24.3 Å². The summed E-state index contributed by atoms with van der Waals surface area (Å²) in [5, 5.41) is 0. The van der Waals surface area contributed by atoms with Crippen LogP contribution in [0.5, 0.6) is 0 Å². The lowest BCUT2D eigenvalue weighted by Crippen LogP contribution is -2.73. The zero-order chi connectivity index (χ0) is 18.8. The Morgan fingerprint density at radius 2 is 1.62 bits per heavy atom. The van der Waals surface area contributed by atoms with Crippen molar-refractivity contribution in [1.29, 1.82) is 0 Å². The summed E-state index contributed by atoms with van der Waals surface area (Å²) in [6, 6.07) is 7.24. The number of hydrogen-bond acceptors (Lipinski definition) is 4. The van der Waals surface area contributed by atoms with Gasteiger partial charge in [0.25, 0.3) is 0 Å². The number of piperidine rings is 1. The molecule has 0 aromatic heterocycles. The van der Waals surface area contributed by atoms with Gasteiger partial charge in [-0.3, -0.25) is 19.4 Å². The van der Waals surface area contributed by atoms with E-state index in [1.165, 1.54) is 14.1 Å². The number of fused-ring (bicyclic) bond motifs is 4. The minimum Gasteiger partial charge on any atom is -0.366 e. The van der Waals surface area contributed by atoms with Gasteiger partial charge in [-0.15, -0.1) is 0 Å². The van der Waals surface area contributed by atoms with Gasteiger partial charge in [0.2, 0.25) is 11.8 Å². The molecule has 1 spiro atoms. The van der Waals surface area contributed by atoms with E-state index in [9.17, 15) is 14.4 Å². The average molecular weight is 355 g/mol. The molecular formula is C20H25N3O3. The molecule has 3 aliphatic heterocycles. The van der Waals surface area contributed by atoms with Crippen LogP contribution in [0.3, 0.4) is 0 Å². The highest BCUT2D eigenvalue weighted by atomic mass is 16.2. The molecule has 1 aromatic rings. The van der Waals surface area contributed by atoms with Crippen molar-refractivity contribution in [1.82, 2.24) is 9.80 Å². The van der Waals surface area contributed by atoms with Crippen LogP contribution in [-0.4, -0.2) is 54.3 Å². The van der Waals surface area contributed by atoms with Gasteiger partial charge in [0.05, 0.1) is 6.04 Å². The molecule has 3 heterocycles. The van der Waals surface area contributed by atoms with Gasteiger partial charge in [0.15, 0.2) is 5.41 Å². The lowest BCUT2D eigenvalue weighted by molar-refractivity contribution is -0.161. The van der Waals surface area contributed by atoms with Crippen molar-refractivity contribution in [2.75, 3.05) is 25.5 Å². The predicted octanol–water partition coefficient (Wildman–Crippen LogP) is 2.13. The van der Waals surface area contributed by atoms with E-state index in [1.54, 1.807) is 0 Å². The zero-order valence-electron chi connectivity index (χ0n) is 15.7. The van der Waals surface area contributed by atoms with Gasteiger partial charge < -0.3 is 4.90 Å². The number of para-hydroxylation sites is 1. The third kappa shape index (κ3) is 2.01. The number of carbonyl (C=O) groups is 3. The van der Waals surface area contributed by atoms with Crippen molar-refractivity contribution in [3.63, 3.8) is 0 Å². The average Bonchev–Trinajstić information content (AvgIpc) is 2.62. The summed E-state index contributed by atoms with van der Waals surface area (Å²) in [6.07, 6.45) is 1.32. The van der Waals surface area contributed by atoms with Crippen LogP contribution < -0.4 is 4.90 Å². The van der Waals surface area contributed by atoms with Crippen LogP contribution in [-0.2, 0) is 16.0 Å². The number of barbiturate groups is 1. The van der Waals surface area contributed by atoms with Crippen LogP contribution in [0.25, 0.3) is 0 Å². The van der Waals surface area contributed by atoms with Gasteiger partial charge in [0.1, 0.15) is 0 Å². The molecule has 3 atom stereocenters. The van der Waals surface area contributed by atoms with Crippen molar-refractivity contribution in [2.24, 2.45) is 17.3 Å². The van der Waals surface area contributed by atoms with Crippen molar-refractivity contribution in [2.45, 2.75) is 32.7 Å². The summed E-state index contributed by atoms with van der Waals surface area (Å²) < 4.78 is 0. The molecule has 4 amide bonds. The monoisotopic (exact) mass is 355 g/mol. The first-order valence-electron chi connectivity index (χ1n) is 9.24. The standard InChI is InChI=1S/C20H25N3O3/c1-12-9-13(2)16-20(17(24)21(3)19(26)22(4)18(20)25)10-14-7-5-6-8-15(14)23(16)11-12/h5-8,12-13,16H,9-11H2,1-4H3/t12-,13+,16+/m1/s1. The highest BCUT2D eigenvalue weighted by molar-refractivity contribution is 6.20. The minimum absolute atomic E-state index is 0.176. The lowest BCUT2D eigenvalue weighted by atomic mass is 9.62. The summed E-state index contributed by atoms with van der Waals surface area (Å²) in [5.41, 5.74) is 0.887. The fourth-order valence-electron chi connectivity index (χ4n) is 5.43. The maximum Gasteiger partial charge on any atom is 0.332 e. The van der Waals surface area contributed by atoms with Crippen LogP contribution in [0, 0.1) is 17.3 Å². The van der Waals surface area contributed by atoms with Gasteiger partial charge >= 0.3 is 6.03 Å². The second-order valence-corrected chi connectivity index (χ2v) is 8.20. The zero-order valence-corrected chi connectivity index (χ0v) is 15.7. The van der Waals surface area contributed by atoms with Crippen LogP contribution in [0.1, 0.15) is 25.8 Å². The van der Waals surface area contributed by atoms with E-state index < -0.39 is 11.4 Å². The number of imide groups is 2. The van der Waals surface area contributed by atoms with Crippen molar-refractivity contribution in [3.05, 3.63) is 29.8 Å². The Hall–Kier alpha value is -2.37. The molecule has 3 aliphatic rings.